The Morgan fingerprint density at radius 3 is 1.25 bits per heavy atom. The van der Waals surface area contributed by atoms with Crippen molar-refractivity contribution in [1.82, 2.24) is 0 Å². The van der Waals surface area contributed by atoms with E-state index in [1.807, 2.05) is 48.5 Å². The predicted molar refractivity (Wildman–Crippen MR) is 104 cm³/mol. The van der Waals surface area contributed by atoms with Gasteiger partial charge in [0.05, 0.1) is 20.1 Å². The number of benzene rings is 2. The highest BCUT2D eigenvalue weighted by Gasteiger charge is 2.35. The summed E-state index contributed by atoms with van der Waals surface area (Å²) in [5.41, 5.74) is 1.81. The van der Waals surface area contributed by atoms with Crippen molar-refractivity contribution in [2.45, 2.75) is 30.0 Å². The summed E-state index contributed by atoms with van der Waals surface area (Å²) in [6.45, 7) is 4.25. The monoisotopic (exact) mass is 388 g/mol. The molecule has 0 fully saturated rings. The van der Waals surface area contributed by atoms with Gasteiger partial charge in [0.25, 0.3) is 0 Å². The van der Waals surface area contributed by atoms with Crippen molar-refractivity contribution in [1.29, 1.82) is 0 Å². The summed E-state index contributed by atoms with van der Waals surface area (Å²) in [5.74, 6) is 1.15. The Kier molecular flexibility index (Phi) is 8.75. The number of rotatable bonds is 4. The molecule has 0 aliphatic carbocycles. The maximum atomic E-state index is 6.18. The largest absolute Gasteiger partial charge is 0.497 e. The molecule has 132 valence electrons. The summed E-state index contributed by atoms with van der Waals surface area (Å²) in [5, 5.41) is 0. The SMILES string of the molecule is CCC.COc1ccc(C(c2ccc(OC)cc2)C(Cl)(Cl)Cl)cc1. The summed E-state index contributed by atoms with van der Waals surface area (Å²) >= 11 is 18.6. The minimum absolute atomic E-state index is 0.376. The van der Waals surface area contributed by atoms with Gasteiger partial charge >= 0.3 is 0 Å². The van der Waals surface area contributed by atoms with Crippen molar-refractivity contribution in [2.24, 2.45) is 0 Å². The van der Waals surface area contributed by atoms with Crippen LogP contribution in [0.5, 0.6) is 11.5 Å². The van der Waals surface area contributed by atoms with Gasteiger partial charge < -0.3 is 9.47 Å². The highest BCUT2D eigenvalue weighted by atomic mass is 35.6. The predicted octanol–water partition coefficient (Wildman–Crippen LogP) is 6.62. The molecule has 0 amide bonds. The van der Waals surface area contributed by atoms with Crippen LogP contribution in [0.2, 0.25) is 0 Å². The minimum atomic E-state index is -1.46. The number of hydrogen-bond acceptors (Lipinski definition) is 2. The molecule has 2 nitrogen and oxygen atoms in total. The standard InChI is InChI=1S/C16H15Cl3O2.C3H8/c1-20-13-7-3-11(4-8-13)15(16(17,18)19)12-5-9-14(21-2)10-6-12;1-3-2/h3-10,15H,1-2H3;3H2,1-2H3. The Labute approximate surface area is 159 Å². The van der Waals surface area contributed by atoms with Crippen LogP contribution in [-0.4, -0.2) is 18.0 Å². The zero-order valence-corrected chi connectivity index (χ0v) is 16.6. The van der Waals surface area contributed by atoms with Crippen molar-refractivity contribution in [3.8, 4) is 11.5 Å². The summed E-state index contributed by atoms with van der Waals surface area (Å²) in [4.78, 5) is 0. The van der Waals surface area contributed by atoms with Crippen LogP contribution in [0.1, 0.15) is 37.3 Å². The van der Waals surface area contributed by atoms with Gasteiger partial charge in [-0.1, -0.05) is 79.3 Å². The van der Waals surface area contributed by atoms with Gasteiger partial charge in [-0.05, 0) is 35.4 Å². The van der Waals surface area contributed by atoms with Crippen molar-refractivity contribution in [3.63, 3.8) is 0 Å². The van der Waals surface area contributed by atoms with Gasteiger partial charge in [-0.25, -0.2) is 0 Å². The molecule has 2 aromatic rings. The van der Waals surface area contributed by atoms with Crippen LogP contribution < -0.4 is 9.47 Å². The summed E-state index contributed by atoms with van der Waals surface area (Å²) in [6.07, 6.45) is 1.25. The van der Waals surface area contributed by atoms with Crippen LogP contribution in [0.15, 0.2) is 48.5 Å². The lowest BCUT2D eigenvalue weighted by Gasteiger charge is -2.25. The van der Waals surface area contributed by atoms with Gasteiger partial charge in [0.1, 0.15) is 11.5 Å². The zero-order valence-electron chi connectivity index (χ0n) is 14.4. The number of methoxy groups -OCH3 is 2. The second-order valence-corrected chi connectivity index (χ2v) is 7.60. The summed E-state index contributed by atoms with van der Waals surface area (Å²) in [6, 6.07) is 15.0. The van der Waals surface area contributed by atoms with Crippen LogP contribution in [0.3, 0.4) is 0 Å². The smallest absolute Gasteiger partial charge is 0.201 e. The molecular formula is C19H23Cl3O2. The van der Waals surface area contributed by atoms with E-state index >= 15 is 0 Å². The van der Waals surface area contributed by atoms with Gasteiger partial charge in [-0.15, -0.1) is 0 Å². The van der Waals surface area contributed by atoms with E-state index in [0.717, 1.165) is 22.6 Å². The van der Waals surface area contributed by atoms with Crippen molar-refractivity contribution < 1.29 is 9.47 Å². The molecule has 0 N–H and O–H groups in total. The fourth-order valence-corrected chi connectivity index (χ4v) is 2.92. The van der Waals surface area contributed by atoms with Crippen LogP contribution in [0.4, 0.5) is 0 Å². The van der Waals surface area contributed by atoms with Crippen LogP contribution in [0.25, 0.3) is 0 Å². The number of halogens is 3. The lowest BCUT2D eigenvalue weighted by atomic mass is 9.92. The molecule has 2 rings (SSSR count). The molecule has 2 aromatic carbocycles. The number of alkyl halides is 3. The molecule has 0 saturated heterocycles. The second-order valence-electron chi connectivity index (χ2n) is 5.23. The molecule has 0 aliphatic rings. The highest BCUT2D eigenvalue weighted by Crippen LogP contribution is 2.46. The molecule has 24 heavy (non-hydrogen) atoms. The van der Waals surface area contributed by atoms with Crippen LogP contribution in [0, 0.1) is 0 Å². The minimum Gasteiger partial charge on any atom is -0.497 e. The van der Waals surface area contributed by atoms with Crippen molar-refractivity contribution in [2.75, 3.05) is 14.2 Å². The van der Waals surface area contributed by atoms with Crippen molar-refractivity contribution in [3.05, 3.63) is 59.7 Å². The first-order valence-corrected chi connectivity index (χ1v) is 8.85. The van der Waals surface area contributed by atoms with Gasteiger partial charge in [0.15, 0.2) is 0 Å². The Bertz CT molecular complexity index is 542. The van der Waals surface area contributed by atoms with E-state index in [9.17, 15) is 0 Å². The quantitative estimate of drug-likeness (QED) is 0.547. The topological polar surface area (TPSA) is 18.5 Å². The van der Waals surface area contributed by atoms with E-state index in [0.29, 0.717) is 0 Å². The maximum Gasteiger partial charge on any atom is 0.201 e. The van der Waals surface area contributed by atoms with Gasteiger partial charge in [0.2, 0.25) is 3.79 Å². The van der Waals surface area contributed by atoms with Crippen LogP contribution >= 0.6 is 34.8 Å². The first-order chi connectivity index (χ1) is 11.4. The Morgan fingerprint density at radius 2 is 1.04 bits per heavy atom. The molecule has 0 aromatic heterocycles. The van der Waals surface area contributed by atoms with E-state index in [4.69, 9.17) is 44.3 Å². The first kappa shape index (κ1) is 21.0. The molecule has 0 unspecified atom stereocenters. The fourth-order valence-electron chi connectivity index (χ4n) is 2.16. The van der Waals surface area contributed by atoms with E-state index in [1.54, 1.807) is 14.2 Å². The first-order valence-electron chi connectivity index (χ1n) is 7.71. The number of ether oxygens (including phenoxy) is 2. The molecule has 0 radical (unpaired) electrons. The normalized spacial score (nSPS) is 10.8. The molecule has 0 bridgehead atoms. The molecule has 0 heterocycles. The van der Waals surface area contributed by atoms with E-state index in [2.05, 4.69) is 13.8 Å². The average Bonchev–Trinajstić information content (AvgIpc) is 2.56. The van der Waals surface area contributed by atoms with E-state index in [-0.39, 0.29) is 5.92 Å². The lowest BCUT2D eigenvalue weighted by Crippen LogP contribution is -2.18. The molecular weight excluding hydrogens is 367 g/mol. The van der Waals surface area contributed by atoms with Gasteiger partial charge in [0, 0.05) is 0 Å². The second kappa shape index (κ2) is 10.0. The molecule has 0 aliphatic heterocycles. The third-order valence-corrected chi connectivity index (χ3v) is 3.88. The summed E-state index contributed by atoms with van der Waals surface area (Å²) in [7, 11) is 3.23. The fraction of sp³-hybridized carbons (Fsp3) is 0.368. The molecule has 0 spiro atoms. The average molecular weight is 390 g/mol. The highest BCUT2D eigenvalue weighted by molar-refractivity contribution is 6.68. The van der Waals surface area contributed by atoms with Gasteiger partial charge in [-0.3, -0.25) is 0 Å². The molecule has 0 saturated carbocycles. The van der Waals surface area contributed by atoms with Crippen molar-refractivity contribution >= 4 is 34.8 Å². The van der Waals surface area contributed by atoms with Crippen LogP contribution in [-0.2, 0) is 0 Å². The molecule has 0 atom stereocenters. The van der Waals surface area contributed by atoms with E-state index < -0.39 is 3.79 Å². The third kappa shape index (κ3) is 6.08. The lowest BCUT2D eigenvalue weighted by molar-refractivity contribution is 0.414. The Hall–Kier alpha value is -1.09. The summed E-state index contributed by atoms with van der Waals surface area (Å²) < 4.78 is 8.85. The number of hydrogen-bond donors (Lipinski definition) is 0. The third-order valence-electron chi connectivity index (χ3n) is 3.23. The Morgan fingerprint density at radius 1 is 0.750 bits per heavy atom. The van der Waals surface area contributed by atoms with E-state index in [1.165, 1.54) is 6.42 Å². The zero-order chi connectivity index (χ0) is 18.2. The van der Waals surface area contributed by atoms with Gasteiger partial charge in [-0.2, -0.15) is 0 Å². The Balaban J connectivity index is 0.000000891. The molecule has 5 heteroatoms. The maximum absolute atomic E-state index is 6.18.